The van der Waals surface area contributed by atoms with Crippen molar-refractivity contribution in [1.29, 1.82) is 0 Å². The molecule has 0 spiro atoms. The van der Waals surface area contributed by atoms with Crippen LogP contribution >= 0.6 is 0 Å². The second-order valence-electron chi connectivity index (χ2n) is 7.40. The maximum atomic E-state index is 12.5. The molecule has 0 aromatic rings. The number of rotatable bonds is 6. The molecule has 0 aliphatic carbocycles. The van der Waals surface area contributed by atoms with Crippen LogP contribution in [-0.2, 0) is 4.79 Å². The van der Waals surface area contributed by atoms with E-state index in [1.165, 1.54) is 0 Å². The van der Waals surface area contributed by atoms with E-state index in [1.54, 1.807) is 0 Å². The van der Waals surface area contributed by atoms with E-state index in [0.717, 1.165) is 32.5 Å². The van der Waals surface area contributed by atoms with Crippen molar-refractivity contribution in [3.63, 3.8) is 0 Å². The Bertz CT molecular complexity index is 304. The predicted octanol–water partition coefficient (Wildman–Crippen LogP) is 1.97. The molecular weight excluding hydrogens is 252 g/mol. The molecule has 1 atom stereocenters. The van der Waals surface area contributed by atoms with Gasteiger partial charge in [0.05, 0.1) is 12.1 Å². The maximum Gasteiger partial charge on any atom is 0.236 e. The lowest BCUT2D eigenvalue weighted by Crippen LogP contribution is -2.50. The average molecular weight is 284 g/mol. The molecule has 1 unspecified atom stereocenters. The van der Waals surface area contributed by atoms with Gasteiger partial charge in [-0.2, -0.15) is 0 Å². The van der Waals surface area contributed by atoms with Crippen molar-refractivity contribution in [2.45, 2.75) is 53.1 Å². The Morgan fingerprint density at radius 1 is 1.25 bits per heavy atom. The van der Waals surface area contributed by atoms with Gasteiger partial charge < -0.3 is 10.0 Å². The van der Waals surface area contributed by atoms with Crippen LogP contribution in [0.2, 0.25) is 0 Å². The Kier molecular flexibility index (Phi) is 6.46. The summed E-state index contributed by atoms with van der Waals surface area (Å²) >= 11 is 0. The smallest absolute Gasteiger partial charge is 0.236 e. The number of amides is 1. The molecule has 0 aromatic carbocycles. The highest BCUT2D eigenvalue weighted by molar-refractivity contribution is 5.78. The van der Waals surface area contributed by atoms with Crippen LogP contribution in [0.5, 0.6) is 0 Å². The minimum atomic E-state index is -0.639. The van der Waals surface area contributed by atoms with Crippen LogP contribution in [0.25, 0.3) is 0 Å². The van der Waals surface area contributed by atoms with Gasteiger partial charge in [-0.05, 0) is 38.1 Å². The van der Waals surface area contributed by atoms with Crippen LogP contribution in [-0.4, -0.2) is 59.1 Å². The van der Waals surface area contributed by atoms with Gasteiger partial charge in [-0.15, -0.1) is 0 Å². The molecule has 1 N–H and O–H groups in total. The molecule has 1 amide bonds. The summed E-state index contributed by atoms with van der Waals surface area (Å²) in [5, 5.41) is 10.1. The zero-order valence-electron chi connectivity index (χ0n) is 13.9. The summed E-state index contributed by atoms with van der Waals surface area (Å²) in [6.07, 6.45) is 1.80. The van der Waals surface area contributed by atoms with Crippen LogP contribution in [0, 0.1) is 11.8 Å². The molecule has 0 saturated carbocycles. The molecule has 0 bridgehead atoms. The first-order chi connectivity index (χ1) is 9.19. The zero-order chi connectivity index (χ0) is 15.3. The number of carbonyl (C=O) groups is 1. The third kappa shape index (κ3) is 6.23. The number of piperidine rings is 1. The topological polar surface area (TPSA) is 43.8 Å². The molecule has 20 heavy (non-hydrogen) atoms. The highest BCUT2D eigenvalue weighted by atomic mass is 16.3. The average Bonchev–Trinajstić information content (AvgIpc) is 2.25. The number of carbonyl (C=O) groups excluding carboxylic acids is 1. The van der Waals surface area contributed by atoms with Gasteiger partial charge >= 0.3 is 0 Å². The lowest BCUT2D eigenvalue weighted by Gasteiger charge is -2.37. The van der Waals surface area contributed by atoms with Crippen LogP contribution in [0.4, 0.5) is 0 Å². The quantitative estimate of drug-likeness (QED) is 0.811. The van der Waals surface area contributed by atoms with Gasteiger partial charge in [0.2, 0.25) is 5.91 Å². The summed E-state index contributed by atoms with van der Waals surface area (Å²) in [5.74, 6) is 1.18. The standard InChI is InChI=1S/C16H32N2O2/c1-13(2)9-18(10-14(3)4)15(19)11-17-8-6-7-16(5,20)12-17/h13-14,20H,6-12H2,1-5H3. The first-order valence-corrected chi connectivity index (χ1v) is 7.92. The van der Waals surface area contributed by atoms with E-state index in [-0.39, 0.29) is 5.91 Å². The SMILES string of the molecule is CC(C)CN(CC(C)C)C(=O)CN1CCCC(C)(O)C1. The normalized spacial score (nSPS) is 24.4. The molecule has 1 heterocycles. The molecule has 1 fully saturated rings. The third-order valence-corrected chi connectivity index (χ3v) is 3.64. The fraction of sp³-hybridized carbons (Fsp3) is 0.938. The van der Waals surface area contributed by atoms with Gasteiger partial charge in [-0.25, -0.2) is 0 Å². The monoisotopic (exact) mass is 284 g/mol. The van der Waals surface area contributed by atoms with E-state index >= 15 is 0 Å². The van der Waals surface area contributed by atoms with Gasteiger partial charge in [-0.3, -0.25) is 9.69 Å². The summed E-state index contributed by atoms with van der Waals surface area (Å²) in [6.45, 7) is 14.0. The summed E-state index contributed by atoms with van der Waals surface area (Å²) in [7, 11) is 0. The minimum absolute atomic E-state index is 0.199. The molecule has 0 radical (unpaired) electrons. The van der Waals surface area contributed by atoms with E-state index in [9.17, 15) is 9.90 Å². The Balaban J connectivity index is 2.56. The van der Waals surface area contributed by atoms with Crippen molar-refractivity contribution in [3.8, 4) is 0 Å². The Morgan fingerprint density at radius 2 is 1.80 bits per heavy atom. The van der Waals surface area contributed by atoms with Crippen molar-refractivity contribution in [3.05, 3.63) is 0 Å². The van der Waals surface area contributed by atoms with Crippen molar-refractivity contribution < 1.29 is 9.90 Å². The number of β-amino-alcohol motifs (C(OH)–C–C–N with tert-alkyl or cyclic N) is 1. The van der Waals surface area contributed by atoms with Crippen LogP contribution < -0.4 is 0 Å². The molecule has 1 rings (SSSR count). The van der Waals surface area contributed by atoms with Gasteiger partial charge in [-0.1, -0.05) is 27.7 Å². The van der Waals surface area contributed by atoms with E-state index < -0.39 is 5.60 Å². The Morgan fingerprint density at radius 3 is 2.25 bits per heavy atom. The van der Waals surface area contributed by atoms with Gasteiger partial charge in [0.15, 0.2) is 0 Å². The molecule has 118 valence electrons. The van der Waals surface area contributed by atoms with E-state index in [1.807, 2.05) is 11.8 Å². The molecule has 1 aliphatic heterocycles. The molecule has 4 nitrogen and oxygen atoms in total. The lowest BCUT2D eigenvalue weighted by atomic mass is 9.95. The Hall–Kier alpha value is -0.610. The summed E-state index contributed by atoms with van der Waals surface area (Å²) < 4.78 is 0. The van der Waals surface area contributed by atoms with Crippen molar-refractivity contribution in [1.82, 2.24) is 9.80 Å². The predicted molar refractivity (Wildman–Crippen MR) is 82.6 cm³/mol. The largest absolute Gasteiger partial charge is 0.389 e. The van der Waals surface area contributed by atoms with Crippen LogP contribution in [0.1, 0.15) is 47.5 Å². The number of aliphatic hydroxyl groups is 1. The fourth-order valence-corrected chi connectivity index (χ4v) is 2.91. The fourth-order valence-electron chi connectivity index (χ4n) is 2.91. The second kappa shape index (κ2) is 7.41. The summed E-state index contributed by atoms with van der Waals surface area (Å²) in [5.41, 5.74) is -0.639. The summed E-state index contributed by atoms with van der Waals surface area (Å²) in [4.78, 5) is 16.6. The molecule has 1 aliphatic rings. The molecule has 1 saturated heterocycles. The number of hydrogen-bond donors (Lipinski definition) is 1. The van der Waals surface area contributed by atoms with Crippen LogP contribution in [0.3, 0.4) is 0 Å². The van der Waals surface area contributed by atoms with E-state index in [0.29, 0.717) is 24.9 Å². The minimum Gasteiger partial charge on any atom is -0.389 e. The van der Waals surface area contributed by atoms with Crippen molar-refractivity contribution in [2.24, 2.45) is 11.8 Å². The highest BCUT2D eigenvalue weighted by Gasteiger charge is 2.30. The van der Waals surface area contributed by atoms with Crippen molar-refractivity contribution >= 4 is 5.91 Å². The maximum absolute atomic E-state index is 12.5. The van der Waals surface area contributed by atoms with Crippen LogP contribution in [0.15, 0.2) is 0 Å². The van der Waals surface area contributed by atoms with Crippen molar-refractivity contribution in [2.75, 3.05) is 32.7 Å². The number of hydrogen-bond acceptors (Lipinski definition) is 3. The first kappa shape index (κ1) is 17.4. The van der Waals surface area contributed by atoms with E-state index in [4.69, 9.17) is 0 Å². The summed E-state index contributed by atoms with van der Waals surface area (Å²) in [6, 6.07) is 0. The Labute approximate surface area is 124 Å². The zero-order valence-corrected chi connectivity index (χ0v) is 13.9. The van der Waals surface area contributed by atoms with Gasteiger partial charge in [0.25, 0.3) is 0 Å². The number of nitrogens with zero attached hydrogens (tertiary/aromatic N) is 2. The molecule has 4 heteroatoms. The third-order valence-electron chi connectivity index (χ3n) is 3.64. The number of likely N-dealkylation sites (tertiary alicyclic amines) is 1. The molecular formula is C16H32N2O2. The van der Waals surface area contributed by atoms with Gasteiger partial charge in [0, 0.05) is 19.6 Å². The lowest BCUT2D eigenvalue weighted by molar-refractivity contribution is -0.135. The second-order valence-corrected chi connectivity index (χ2v) is 7.40. The van der Waals surface area contributed by atoms with E-state index in [2.05, 4.69) is 32.6 Å². The van der Waals surface area contributed by atoms with Gasteiger partial charge in [0.1, 0.15) is 0 Å². The first-order valence-electron chi connectivity index (χ1n) is 7.92. The highest BCUT2D eigenvalue weighted by Crippen LogP contribution is 2.20. The molecule has 0 aromatic heterocycles.